The third-order valence-electron chi connectivity index (χ3n) is 5.15. The first kappa shape index (κ1) is 21.1. The van der Waals surface area contributed by atoms with Crippen LogP contribution in [0.4, 0.5) is 5.69 Å². The van der Waals surface area contributed by atoms with Crippen LogP contribution in [0.2, 0.25) is 0 Å². The maximum atomic E-state index is 13.2. The summed E-state index contributed by atoms with van der Waals surface area (Å²) < 4.78 is 26.1. The van der Waals surface area contributed by atoms with Gasteiger partial charge in [0.2, 0.25) is 10.0 Å². The van der Waals surface area contributed by atoms with Crippen molar-refractivity contribution in [2.45, 2.75) is 19.9 Å². The number of nitrogens with one attached hydrogen (secondary N) is 2. The Hall–Kier alpha value is -3.10. The largest absolute Gasteiger partial charge is 0.294 e. The maximum absolute atomic E-state index is 13.2. The molecule has 0 saturated carbocycles. The lowest BCUT2D eigenvalue weighted by Gasteiger charge is -2.26. The Bertz CT molecular complexity index is 1220. The molecular weight excluding hydrogens is 430 g/mol. The summed E-state index contributed by atoms with van der Waals surface area (Å²) in [5.74, 6) is -0.0823. The molecule has 2 aromatic carbocycles. The highest BCUT2D eigenvalue weighted by molar-refractivity contribution is 7.92. The van der Waals surface area contributed by atoms with Crippen molar-refractivity contribution in [1.29, 1.82) is 0 Å². The number of thiophene rings is 1. The molecular formula is C23H23N3O3S2. The van der Waals surface area contributed by atoms with E-state index in [1.807, 2.05) is 66.9 Å². The quantitative estimate of drug-likeness (QED) is 0.574. The molecule has 0 aliphatic carbocycles. The molecule has 1 aromatic heterocycles. The first-order valence-electron chi connectivity index (χ1n) is 9.90. The molecule has 0 bridgehead atoms. The fraction of sp³-hybridized carbons (Fsp3) is 0.174. The molecule has 1 amide bonds. The number of amides is 1. The van der Waals surface area contributed by atoms with Crippen LogP contribution in [0.15, 0.2) is 72.1 Å². The molecule has 2 heterocycles. The van der Waals surface area contributed by atoms with Crippen molar-refractivity contribution in [3.05, 3.63) is 93.7 Å². The van der Waals surface area contributed by atoms with E-state index >= 15 is 0 Å². The van der Waals surface area contributed by atoms with Crippen LogP contribution >= 0.6 is 11.3 Å². The van der Waals surface area contributed by atoms with E-state index in [1.165, 1.54) is 11.3 Å². The summed E-state index contributed by atoms with van der Waals surface area (Å²) in [6, 6.07) is 18.5. The highest BCUT2D eigenvalue weighted by Crippen LogP contribution is 2.34. The molecule has 3 aromatic rings. The Morgan fingerprint density at radius 2 is 1.84 bits per heavy atom. The topological polar surface area (TPSA) is 78.5 Å². The zero-order valence-electron chi connectivity index (χ0n) is 17.2. The van der Waals surface area contributed by atoms with Crippen LogP contribution in [-0.4, -0.2) is 25.1 Å². The fourth-order valence-corrected chi connectivity index (χ4v) is 4.74. The fourth-order valence-electron chi connectivity index (χ4n) is 3.44. The maximum Gasteiger partial charge on any atom is 0.283 e. The molecule has 8 heteroatoms. The minimum Gasteiger partial charge on any atom is -0.294 e. The first-order valence-corrected chi connectivity index (χ1v) is 12.4. The number of carbonyl (C=O) groups excluding carboxylic acids is 1. The number of hydrazine groups is 1. The van der Waals surface area contributed by atoms with Gasteiger partial charge in [0.25, 0.3) is 5.91 Å². The van der Waals surface area contributed by atoms with E-state index in [-0.39, 0.29) is 17.7 Å². The first-order chi connectivity index (χ1) is 14.9. The van der Waals surface area contributed by atoms with Crippen molar-refractivity contribution in [3.8, 4) is 0 Å². The molecule has 6 nitrogen and oxygen atoms in total. The minimum atomic E-state index is -3.33. The molecule has 160 valence electrons. The lowest BCUT2D eigenvalue weighted by atomic mass is 10.00. The lowest BCUT2D eigenvalue weighted by Crippen LogP contribution is -2.39. The molecule has 1 atom stereocenters. The Labute approximate surface area is 186 Å². The second-order valence-electron chi connectivity index (χ2n) is 7.23. The van der Waals surface area contributed by atoms with Crippen molar-refractivity contribution in [1.82, 2.24) is 10.4 Å². The van der Waals surface area contributed by atoms with Gasteiger partial charge in [-0.3, -0.25) is 14.9 Å². The van der Waals surface area contributed by atoms with Gasteiger partial charge < -0.3 is 0 Å². The highest BCUT2D eigenvalue weighted by Gasteiger charge is 2.32. The van der Waals surface area contributed by atoms with Crippen molar-refractivity contribution in [3.63, 3.8) is 0 Å². The number of benzene rings is 2. The Morgan fingerprint density at radius 1 is 1.10 bits per heavy atom. The summed E-state index contributed by atoms with van der Waals surface area (Å²) in [5, 5.41) is 3.54. The van der Waals surface area contributed by atoms with E-state index in [1.54, 1.807) is 24.1 Å². The predicted molar refractivity (Wildman–Crippen MR) is 125 cm³/mol. The second-order valence-corrected chi connectivity index (χ2v) is 10.2. The van der Waals surface area contributed by atoms with Gasteiger partial charge in [0.05, 0.1) is 22.4 Å². The zero-order chi connectivity index (χ0) is 22.0. The van der Waals surface area contributed by atoms with E-state index in [0.717, 1.165) is 22.4 Å². The average Bonchev–Trinajstić information content (AvgIpc) is 3.45. The summed E-state index contributed by atoms with van der Waals surface area (Å²) in [6.45, 7) is 3.62. The Kier molecular flexibility index (Phi) is 5.84. The number of hydrogen-bond acceptors (Lipinski definition) is 5. The molecule has 1 aliphatic rings. The normalized spacial score (nSPS) is 16.0. The van der Waals surface area contributed by atoms with Crippen molar-refractivity contribution < 1.29 is 13.2 Å². The average molecular weight is 454 g/mol. The van der Waals surface area contributed by atoms with E-state index < -0.39 is 10.0 Å². The SMILES string of the molecule is CCS(=O)(=O)Nc1ccc(C2=CC(c3ccccc3C)N(C(=O)c3cccs3)N2)cc1. The third kappa shape index (κ3) is 4.50. The van der Waals surface area contributed by atoms with Crippen LogP contribution in [0.3, 0.4) is 0 Å². The molecule has 0 spiro atoms. The second kappa shape index (κ2) is 8.56. The van der Waals surface area contributed by atoms with Crippen LogP contribution in [0.1, 0.15) is 39.3 Å². The molecule has 31 heavy (non-hydrogen) atoms. The molecule has 1 unspecified atom stereocenters. The van der Waals surface area contributed by atoms with Gasteiger partial charge in [-0.1, -0.05) is 42.5 Å². The molecule has 1 aliphatic heterocycles. The molecule has 0 radical (unpaired) electrons. The number of rotatable bonds is 6. The molecule has 2 N–H and O–H groups in total. The number of nitrogens with zero attached hydrogens (tertiary/aromatic N) is 1. The summed E-state index contributed by atoms with van der Waals surface area (Å²) in [7, 11) is -3.33. The molecule has 4 rings (SSSR count). The standard InChI is InChI=1S/C23H23N3O3S2/c1-3-31(28,29)25-18-12-10-17(11-13-18)20-15-21(19-8-5-4-7-16(19)2)26(24-20)23(27)22-9-6-14-30-22/h4-15,21,24-25H,3H2,1-2H3. The molecule has 0 fully saturated rings. The van der Waals surface area contributed by atoms with E-state index in [0.29, 0.717) is 10.6 Å². The van der Waals surface area contributed by atoms with Crippen LogP contribution in [-0.2, 0) is 10.0 Å². The van der Waals surface area contributed by atoms with Crippen LogP contribution < -0.4 is 10.1 Å². The number of sulfonamides is 1. The summed E-state index contributed by atoms with van der Waals surface area (Å²) in [5.41, 5.74) is 7.56. The van der Waals surface area contributed by atoms with Crippen molar-refractivity contribution in [2.24, 2.45) is 0 Å². The highest BCUT2D eigenvalue weighted by atomic mass is 32.2. The third-order valence-corrected chi connectivity index (χ3v) is 7.32. The van der Waals surface area contributed by atoms with Crippen LogP contribution in [0.25, 0.3) is 5.70 Å². The van der Waals surface area contributed by atoms with Gasteiger partial charge in [-0.2, -0.15) is 0 Å². The lowest BCUT2D eigenvalue weighted by molar-refractivity contribution is 0.0677. The van der Waals surface area contributed by atoms with Gasteiger partial charge >= 0.3 is 0 Å². The Morgan fingerprint density at radius 3 is 2.48 bits per heavy atom. The van der Waals surface area contributed by atoms with Gasteiger partial charge in [-0.05, 0) is 60.2 Å². The van der Waals surface area contributed by atoms with Gasteiger partial charge in [0, 0.05) is 5.69 Å². The summed E-state index contributed by atoms with van der Waals surface area (Å²) >= 11 is 1.41. The minimum absolute atomic E-state index is 0.0133. The van der Waals surface area contributed by atoms with Crippen LogP contribution in [0.5, 0.6) is 0 Å². The zero-order valence-corrected chi connectivity index (χ0v) is 18.8. The van der Waals surface area contributed by atoms with Gasteiger partial charge in [0.1, 0.15) is 0 Å². The van der Waals surface area contributed by atoms with E-state index in [2.05, 4.69) is 10.1 Å². The van der Waals surface area contributed by atoms with Crippen molar-refractivity contribution >= 4 is 38.7 Å². The van der Waals surface area contributed by atoms with Crippen molar-refractivity contribution in [2.75, 3.05) is 10.5 Å². The Balaban J connectivity index is 1.66. The van der Waals surface area contributed by atoms with Gasteiger partial charge in [-0.25, -0.2) is 13.4 Å². The van der Waals surface area contributed by atoms with Crippen LogP contribution in [0, 0.1) is 6.92 Å². The smallest absolute Gasteiger partial charge is 0.283 e. The summed E-state index contributed by atoms with van der Waals surface area (Å²) in [4.78, 5) is 13.8. The van der Waals surface area contributed by atoms with E-state index in [4.69, 9.17) is 0 Å². The number of carbonyl (C=O) groups is 1. The number of hydrogen-bond donors (Lipinski definition) is 2. The van der Waals surface area contributed by atoms with E-state index in [9.17, 15) is 13.2 Å². The van der Waals surface area contributed by atoms with Gasteiger partial charge in [0.15, 0.2) is 0 Å². The van der Waals surface area contributed by atoms with Gasteiger partial charge in [-0.15, -0.1) is 11.3 Å². The number of aryl methyl sites for hydroxylation is 1. The monoisotopic (exact) mass is 453 g/mol. The molecule has 0 saturated heterocycles. The predicted octanol–water partition coefficient (Wildman–Crippen LogP) is 4.56. The summed E-state index contributed by atoms with van der Waals surface area (Å²) in [6.07, 6.45) is 2.03. The number of anilines is 1.